The third-order valence-corrected chi connectivity index (χ3v) is 3.41. The van der Waals surface area contributed by atoms with E-state index in [2.05, 4.69) is 17.2 Å². The molecule has 100 valence electrons. The van der Waals surface area contributed by atoms with Gasteiger partial charge >= 0.3 is 0 Å². The molecule has 1 fully saturated rings. The lowest BCUT2D eigenvalue weighted by molar-refractivity contribution is -0.0890. The maximum atomic E-state index is 5.97. The minimum Gasteiger partial charge on any atom is -0.486 e. The summed E-state index contributed by atoms with van der Waals surface area (Å²) in [5.74, 6) is 0.860. The second-order valence-corrected chi connectivity index (χ2v) is 4.74. The van der Waals surface area contributed by atoms with Gasteiger partial charge in [0.05, 0.1) is 5.69 Å². The Morgan fingerprint density at radius 1 is 1.50 bits per heavy atom. The summed E-state index contributed by atoms with van der Waals surface area (Å²) < 4.78 is 11.5. The quantitative estimate of drug-likeness (QED) is 0.837. The average Bonchev–Trinajstić information content (AvgIpc) is 2.35. The summed E-state index contributed by atoms with van der Waals surface area (Å²) in [7, 11) is 1.75. The van der Waals surface area contributed by atoms with E-state index in [-0.39, 0.29) is 12.2 Å². The highest BCUT2D eigenvalue weighted by atomic mass is 16.5. The third kappa shape index (κ3) is 2.82. The molecule has 18 heavy (non-hydrogen) atoms. The molecule has 0 bridgehead atoms. The Balaban J connectivity index is 1.90. The molecule has 4 nitrogen and oxygen atoms in total. The van der Waals surface area contributed by atoms with Crippen molar-refractivity contribution in [2.45, 2.75) is 44.9 Å². The maximum Gasteiger partial charge on any atom is 0.141 e. The zero-order valence-electron chi connectivity index (χ0n) is 11.3. The van der Waals surface area contributed by atoms with Gasteiger partial charge in [0.2, 0.25) is 0 Å². The number of ether oxygens (including phenoxy) is 2. The van der Waals surface area contributed by atoms with Crippen molar-refractivity contribution in [1.29, 1.82) is 0 Å². The van der Waals surface area contributed by atoms with Gasteiger partial charge in [0.15, 0.2) is 0 Å². The number of methoxy groups -OCH3 is 1. The molecule has 1 heterocycles. The van der Waals surface area contributed by atoms with Crippen LogP contribution in [0.15, 0.2) is 18.3 Å². The highest BCUT2D eigenvalue weighted by Crippen LogP contribution is 2.29. The van der Waals surface area contributed by atoms with Crippen LogP contribution in [0.25, 0.3) is 0 Å². The number of nitrogens with zero attached hydrogens (tertiary/aromatic N) is 1. The molecule has 3 atom stereocenters. The van der Waals surface area contributed by atoms with Crippen LogP contribution < -0.4 is 10.1 Å². The Kier molecular flexibility index (Phi) is 4.55. The largest absolute Gasteiger partial charge is 0.486 e. The first kappa shape index (κ1) is 13.3. The number of pyridine rings is 1. The number of nitrogens with one attached hydrogen (secondary N) is 1. The molecule has 0 saturated heterocycles. The molecule has 1 aliphatic rings. The van der Waals surface area contributed by atoms with Crippen molar-refractivity contribution in [2.75, 3.05) is 13.7 Å². The smallest absolute Gasteiger partial charge is 0.141 e. The minimum absolute atomic E-state index is 0.132. The summed E-state index contributed by atoms with van der Waals surface area (Å²) in [6.45, 7) is 5.16. The zero-order valence-corrected chi connectivity index (χ0v) is 11.3. The van der Waals surface area contributed by atoms with Gasteiger partial charge in [-0.25, -0.2) is 0 Å². The number of hydrogen-bond donors (Lipinski definition) is 1. The van der Waals surface area contributed by atoms with E-state index in [1.807, 2.05) is 19.1 Å². The first-order valence-electron chi connectivity index (χ1n) is 6.60. The lowest BCUT2D eigenvalue weighted by atomic mass is 9.85. The van der Waals surface area contributed by atoms with Crippen molar-refractivity contribution < 1.29 is 9.47 Å². The van der Waals surface area contributed by atoms with Crippen molar-refractivity contribution in [3.63, 3.8) is 0 Å². The number of hydrogen-bond acceptors (Lipinski definition) is 4. The zero-order chi connectivity index (χ0) is 13.0. The molecule has 0 aliphatic heterocycles. The predicted molar refractivity (Wildman–Crippen MR) is 70.9 cm³/mol. The maximum absolute atomic E-state index is 5.97. The van der Waals surface area contributed by atoms with E-state index in [1.54, 1.807) is 13.3 Å². The first-order chi connectivity index (χ1) is 8.76. The van der Waals surface area contributed by atoms with Gasteiger partial charge in [-0.3, -0.25) is 4.98 Å². The van der Waals surface area contributed by atoms with Gasteiger partial charge in [-0.15, -0.1) is 0 Å². The third-order valence-electron chi connectivity index (χ3n) is 3.41. The molecule has 2 rings (SSSR count). The first-order valence-corrected chi connectivity index (χ1v) is 6.60. The molecule has 4 heteroatoms. The summed E-state index contributed by atoms with van der Waals surface area (Å²) in [5, 5.41) is 3.48. The van der Waals surface area contributed by atoms with E-state index < -0.39 is 0 Å². The Morgan fingerprint density at radius 2 is 2.33 bits per heavy atom. The van der Waals surface area contributed by atoms with Gasteiger partial charge in [0.25, 0.3) is 0 Å². The Labute approximate surface area is 109 Å². The highest BCUT2D eigenvalue weighted by Gasteiger charge is 2.43. The number of aromatic nitrogens is 1. The Hall–Kier alpha value is -1.13. The van der Waals surface area contributed by atoms with Gasteiger partial charge in [-0.1, -0.05) is 6.92 Å². The van der Waals surface area contributed by atoms with Crippen molar-refractivity contribution in [3.05, 3.63) is 24.0 Å². The highest BCUT2D eigenvalue weighted by molar-refractivity contribution is 5.26. The van der Waals surface area contributed by atoms with Crippen LogP contribution in [-0.2, 0) is 4.74 Å². The molecule has 0 radical (unpaired) electrons. The van der Waals surface area contributed by atoms with Crippen LogP contribution >= 0.6 is 0 Å². The molecule has 0 aromatic carbocycles. The van der Waals surface area contributed by atoms with Crippen LogP contribution in [0.2, 0.25) is 0 Å². The number of aryl methyl sites for hydroxylation is 1. The minimum atomic E-state index is 0.132. The lowest BCUT2D eigenvalue weighted by Gasteiger charge is -2.43. The fraction of sp³-hybridized carbons (Fsp3) is 0.643. The molecular formula is C14H22N2O2. The molecule has 1 saturated carbocycles. The van der Waals surface area contributed by atoms with Crippen LogP contribution in [-0.4, -0.2) is 36.9 Å². The van der Waals surface area contributed by atoms with E-state index in [4.69, 9.17) is 9.47 Å². The molecular weight excluding hydrogens is 228 g/mol. The molecule has 1 aliphatic carbocycles. The monoisotopic (exact) mass is 250 g/mol. The van der Waals surface area contributed by atoms with Crippen LogP contribution in [0.3, 0.4) is 0 Å². The second kappa shape index (κ2) is 6.16. The summed E-state index contributed by atoms with van der Waals surface area (Å²) >= 11 is 0. The summed E-state index contributed by atoms with van der Waals surface area (Å²) in [6.07, 6.45) is 4.18. The number of rotatable bonds is 6. The fourth-order valence-electron chi connectivity index (χ4n) is 2.30. The normalized spacial score (nSPS) is 26.7. The molecule has 0 amide bonds. The van der Waals surface area contributed by atoms with Crippen LogP contribution in [0.4, 0.5) is 0 Å². The van der Waals surface area contributed by atoms with Crippen molar-refractivity contribution in [1.82, 2.24) is 10.3 Å². The van der Waals surface area contributed by atoms with Gasteiger partial charge in [-0.05, 0) is 32.0 Å². The van der Waals surface area contributed by atoms with Gasteiger partial charge < -0.3 is 14.8 Å². The molecule has 3 unspecified atom stereocenters. The van der Waals surface area contributed by atoms with E-state index in [0.717, 1.165) is 30.8 Å². The van der Waals surface area contributed by atoms with E-state index >= 15 is 0 Å². The standard InChI is InChI=1S/C14H22N2O2/c1-4-7-16-11-9-13(14(11)17-3)18-12-6-5-8-15-10(12)2/h5-6,8,11,13-14,16H,4,7,9H2,1-3H3. The molecule has 0 spiro atoms. The van der Waals surface area contributed by atoms with E-state index in [0.29, 0.717) is 6.04 Å². The summed E-state index contributed by atoms with van der Waals surface area (Å²) in [4.78, 5) is 4.23. The molecule has 1 aromatic rings. The van der Waals surface area contributed by atoms with Gasteiger partial charge in [-0.2, -0.15) is 0 Å². The van der Waals surface area contributed by atoms with Crippen molar-refractivity contribution >= 4 is 0 Å². The van der Waals surface area contributed by atoms with E-state index in [1.165, 1.54) is 0 Å². The molecule has 1 aromatic heterocycles. The Morgan fingerprint density at radius 3 is 3.00 bits per heavy atom. The predicted octanol–water partition coefficient (Wildman–Crippen LogP) is 1.92. The van der Waals surface area contributed by atoms with Gasteiger partial charge in [0, 0.05) is 25.8 Å². The average molecular weight is 250 g/mol. The Bertz CT molecular complexity index is 384. The van der Waals surface area contributed by atoms with E-state index in [9.17, 15) is 0 Å². The van der Waals surface area contributed by atoms with Gasteiger partial charge in [0.1, 0.15) is 18.0 Å². The topological polar surface area (TPSA) is 43.4 Å². The van der Waals surface area contributed by atoms with Crippen molar-refractivity contribution in [3.8, 4) is 5.75 Å². The summed E-state index contributed by atoms with van der Waals surface area (Å²) in [5.41, 5.74) is 0.928. The van der Waals surface area contributed by atoms with Crippen LogP contribution in [0, 0.1) is 6.92 Å². The lowest BCUT2D eigenvalue weighted by Crippen LogP contribution is -2.61. The SMILES string of the molecule is CCCNC1CC(Oc2cccnc2C)C1OC. The van der Waals surface area contributed by atoms with Crippen LogP contribution in [0.1, 0.15) is 25.5 Å². The second-order valence-electron chi connectivity index (χ2n) is 4.74. The fourth-order valence-corrected chi connectivity index (χ4v) is 2.30. The molecule has 1 N–H and O–H groups in total. The van der Waals surface area contributed by atoms with Crippen LogP contribution in [0.5, 0.6) is 5.75 Å². The van der Waals surface area contributed by atoms with Crippen molar-refractivity contribution in [2.24, 2.45) is 0 Å². The summed E-state index contributed by atoms with van der Waals surface area (Å²) in [6, 6.07) is 4.27.